The van der Waals surface area contributed by atoms with Crippen LogP contribution in [0.15, 0.2) is 0 Å². The number of hydrogen-bond donors (Lipinski definition) is 0. The largest absolute Gasteiger partial charge is 0.217 e. The Balaban J connectivity index is 3.16. The molecule has 0 rings (SSSR count). The van der Waals surface area contributed by atoms with Gasteiger partial charge in [-0.05, 0) is 12.8 Å². The second-order valence-electron chi connectivity index (χ2n) is 2.35. The standard InChI is InChI=1S/C6H12Br2O2S/c7-5-3-1-2-4-6-11(8,9)10/h1-6H2. The molecule has 0 bridgehead atoms. The number of unbranched alkanes of at least 4 members (excludes halogenated alkanes) is 3. The van der Waals surface area contributed by atoms with Gasteiger partial charge in [-0.3, -0.25) is 0 Å². The minimum atomic E-state index is -2.91. The van der Waals surface area contributed by atoms with E-state index in [4.69, 9.17) is 0 Å². The van der Waals surface area contributed by atoms with Gasteiger partial charge in [-0.2, -0.15) is 0 Å². The lowest BCUT2D eigenvalue weighted by molar-refractivity contribution is 0.604. The van der Waals surface area contributed by atoms with E-state index < -0.39 is 8.27 Å². The van der Waals surface area contributed by atoms with Gasteiger partial charge in [0.2, 0.25) is 8.27 Å². The maximum absolute atomic E-state index is 10.6. The van der Waals surface area contributed by atoms with Gasteiger partial charge in [-0.25, -0.2) is 8.42 Å². The van der Waals surface area contributed by atoms with Crippen molar-refractivity contribution in [1.29, 1.82) is 0 Å². The second kappa shape index (κ2) is 6.43. The van der Waals surface area contributed by atoms with Crippen LogP contribution in [0.3, 0.4) is 0 Å². The lowest BCUT2D eigenvalue weighted by atomic mass is 10.2. The molecule has 0 amide bonds. The van der Waals surface area contributed by atoms with E-state index in [1.54, 1.807) is 0 Å². The summed E-state index contributed by atoms with van der Waals surface area (Å²) in [7, 11) is -2.91. The third kappa shape index (κ3) is 10.9. The highest BCUT2D eigenvalue weighted by Gasteiger charge is 2.02. The van der Waals surface area contributed by atoms with Crippen LogP contribution in [0, 0.1) is 0 Å². The van der Waals surface area contributed by atoms with Crippen LogP contribution in [0.2, 0.25) is 0 Å². The van der Waals surface area contributed by atoms with Crippen molar-refractivity contribution >= 4 is 39.0 Å². The molecule has 0 N–H and O–H groups in total. The van der Waals surface area contributed by atoms with E-state index in [0.717, 1.165) is 31.0 Å². The van der Waals surface area contributed by atoms with E-state index in [0.29, 0.717) is 0 Å². The van der Waals surface area contributed by atoms with Crippen LogP contribution in [0.4, 0.5) is 0 Å². The Bertz CT molecular complexity index is 177. The Labute approximate surface area is 84.0 Å². The van der Waals surface area contributed by atoms with Gasteiger partial charge < -0.3 is 0 Å². The van der Waals surface area contributed by atoms with Crippen molar-refractivity contribution in [2.24, 2.45) is 0 Å². The van der Waals surface area contributed by atoms with Gasteiger partial charge in [-0.15, -0.1) is 0 Å². The van der Waals surface area contributed by atoms with Gasteiger partial charge in [0.25, 0.3) is 0 Å². The molecular formula is C6H12Br2O2S. The summed E-state index contributed by atoms with van der Waals surface area (Å²) in [5.41, 5.74) is 0. The first-order valence-electron chi connectivity index (χ1n) is 3.54. The van der Waals surface area contributed by atoms with Crippen LogP contribution < -0.4 is 0 Å². The first kappa shape index (κ1) is 11.9. The molecule has 0 aliphatic heterocycles. The smallest absolute Gasteiger partial charge is 0.209 e. The number of halogens is 2. The van der Waals surface area contributed by atoms with Crippen molar-refractivity contribution in [3.8, 4) is 0 Å². The fourth-order valence-electron chi connectivity index (χ4n) is 0.723. The molecule has 0 heterocycles. The van der Waals surface area contributed by atoms with Gasteiger partial charge in [0, 0.05) is 5.33 Å². The average molecular weight is 308 g/mol. The van der Waals surface area contributed by atoms with Crippen LogP contribution in [0.5, 0.6) is 0 Å². The Morgan fingerprint density at radius 3 is 2.00 bits per heavy atom. The Morgan fingerprint density at radius 2 is 1.55 bits per heavy atom. The fraction of sp³-hybridized carbons (Fsp3) is 1.00. The lowest BCUT2D eigenvalue weighted by Crippen LogP contribution is -1.95. The van der Waals surface area contributed by atoms with Crippen molar-refractivity contribution in [2.45, 2.75) is 25.7 Å². The quantitative estimate of drug-likeness (QED) is 0.429. The number of hydrogen-bond acceptors (Lipinski definition) is 2. The summed E-state index contributed by atoms with van der Waals surface area (Å²) in [6.45, 7) is 0. The fourth-order valence-corrected chi connectivity index (χ4v) is 2.35. The van der Waals surface area contributed by atoms with E-state index in [-0.39, 0.29) is 5.75 Å². The molecule has 11 heavy (non-hydrogen) atoms. The Hall–Kier alpha value is 0.910. The third-order valence-electron chi connectivity index (χ3n) is 1.27. The highest BCUT2D eigenvalue weighted by molar-refractivity contribution is 9.47. The van der Waals surface area contributed by atoms with E-state index in [1.165, 1.54) is 0 Å². The number of rotatable bonds is 6. The van der Waals surface area contributed by atoms with Crippen molar-refractivity contribution < 1.29 is 8.42 Å². The summed E-state index contributed by atoms with van der Waals surface area (Å²) in [4.78, 5) is 0. The summed E-state index contributed by atoms with van der Waals surface area (Å²) in [5, 5.41) is 1.01. The molecule has 0 aliphatic rings. The van der Waals surface area contributed by atoms with E-state index in [1.807, 2.05) is 0 Å². The molecule has 0 aliphatic carbocycles. The minimum absolute atomic E-state index is 0.259. The van der Waals surface area contributed by atoms with E-state index in [9.17, 15) is 8.42 Å². The lowest BCUT2D eigenvalue weighted by Gasteiger charge is -1.96. The van der Waals surface area contributed by atoms with Crippen molar-refractivity contribution in [2.75, 3.05) is 11.1 Å². The van der Waals surface area contributed by atoms with Gasteiger partial charge in [0.15, 0.2) is 0 Å². The first-order valence-corrected chi connectivity index (χ1v) is 8.16. The normalized spacial score (nSPS) is 11.8. The van der Waals surface area contributed by atoms with Gasteiger partial charge in [0.05, 0.1) is 20.6 Å². The highest BCUT2D eigenvalue weighted by Crippen LogP contribution is 2.07. The summed E-state index contributed by atoms with van der Waals surface area (Å²) < 4.78 is 21.1. The zero-order chi connectivity index (χ0) is 8.74. The van der Waals surface area contributed by atoms with Crippen molar-refractivity contribution in [1.82, 2.24) is 0 Å². The molecule has 68 valence electrons. The molecule has 0 spiro atoms. The summed E-state index contributed by atoms with van der Waals surface area (Å²) in [6, 6.07) is 0. The van der Waals surface area contributed by atoms with Crippen molar-refractivity contribution in [3.05, 3.63) is 0 Å². The zero-order valence-electron chi connectivity index (χ0n) is 6.22. The molecule has 0 saturated heterocycles. The maximum atomic E-state index is 10.6. The van der Waals surface area contributed by atoms with Gasteiger partial charge in [0.1, 0.15) is 0 Å². The SMILES string of the molecule is O=S(=O)(Br)CCCCCCBr. The van der Waals surface area contributed by atoms with Crippen molar-refractivity contribution in [3.63, 3.8) is 0 Å². The average Bonchev–Trinajstić information content (AvgIpc) is 1.85. The van der Waals surface area contributed by atoms with Crippen LogP contribution in [0.1, 0.15) is 25.7 Å². The third-order valence-corrected chi connectivity index (χ3v) is 3.58. The van der Waals surface area contributed by atoms with Crippen LogP contribution >= 0.6 is 30.7 Å². The summed E-state index contributed by atoms with van der Waals surface area (Å²) >= 11 is 5.92. The summed E-state index contributed by atoms with van der Waals surface area (Å²) in [5.74, 6) is 0.259. The molecule has 0 aromatic heterocycles. The molecule has 0 atom stereocenters. The minimum Gasteiger partial charge on any atom is -0.217 e. The second-order valence-corrected chi connectivity index (χ2v) is 7.58. The molecule has 0 aromatic carbocycles. The topological polar surface area (TPSA) is 34.1 Å². The van der Waals surface area contributed by atoms with E-state index in [2.05, 4.69) is 30.7 Å². The van der Waals surface area contributed by atoms with E-state index >= 15 is 0 Å². The monoisotopic (exact) mass is 306 g/mol. The predicted octanol–water partition coefficient (Wildman–Crippen LogP) is 2.67. The zero-order valence-corrected chi connectivity index (χ0v) is 10.2. The molecule has 0 fully saturated rings. The first-order chi connectivity index (χ1) is 5.06. The Kier molecular flexibility index (Phi) is 6.96. The van der Waals surface area contributed by atoms with Crippen LogP contribution in [-0.2, 0) is 8.27 Å². The molecule has 0 saturated carbocycles. The Morgan fingerprint density at radius 1 is 1.00 bits per heavy atom. The van der Waals surface area contributed by atoms with Crippen LogP contribution in [0.25, 0.3) is 0 Å². The molecule has 0 aromatic rings. The molecule has 2 nitrogen and oxygen atoms in total. The molecule has 0 unspecified atom stereocenters. The predicted molar refractivity (Wildman–Crippen MR) is 55.0 cm³/mol. The highest BCUT2D eigenvalue weighted by atomic mass is 79.9. The number of alkyl halides is 1. The molecule has 0 radical (unpaired) electrons. The maximum Gasteiger partial charge on any atom is 0.209 e. The van der Waals surface area contributed by atoms with Gasteiger partial charge >= 0.3 is 0 Å². The summed E-state index contributed by atoms with van der Waals surface area (Å²) in [6.07, 6.45) is 3.99. The van der Waals surface area contributed by atoms with Gasteiger partial charge in [-0.1, -0.05) is 28.8 Å². The van der Waals surface area contributed by atoms with Crippen LogP contribution in [-0.4, -0.2) is 19.5 Å². The molecule has 5 heteroatoms. The molecular weight excluding hydrogens is 296 g/mol.